The molecule has 0 spiro atoms. The number of nitrogens with zero attached hydrogens (tertiary/aromatic N) is 1. The molecule has 0 saturated carbocycles. The zero-order valence-corrected chi connectivity index (χ0v) is 18.8. The molecule has 0 N–H and O–H groups in total. The van der Waals surface area contributed by atoms with Crippen LogP contribution in [0.4, 0.5) is 0 Å². The molecule has 0 aromatic heterocycles. The van der Waals surface area contributed by atoms with Gasteiger partial charge in [-0.2, -0.15) is 5.26 Å². The van der Waals surface area contributed by atoms with Gasteiger partial charge in [0.15, 0.2) is 0 Å². The quantitative estimate of drug-likeness (QED) is 0.308. The highest BCUT2D eigenvalue weighted by Gasteiger charge is 2.41. The Kier molecular flexibility index (Phi) is 5.32. The molecule has 0 radical (unpaired) electrons. The molecule has 0 atom stereocenters. The normalized spacial score (nSPS) is 11.2. The Labute approximate surface area is 189 Å². The van der Waals surface area contributed by atoms with Gasteiger partial charge >= 0.3 is 0 Å². The van der Waals surface area contributed by atoms with Crippen molar-refractivity contribution in [1.82, 2.24) is 0 Å². The molecular weight excluding hydrogens is 405 g/mol. The molecule has 152 valence electrons. The minimum atomic E-state index is -1.85. The second kappa shape index (κ2) is 8.43. The van der Waals surface area contributed by atoms with Crippen molar-refractivity contribution in [2.45, 2.75) is 0 Å². The summed E-state index contributed by atoms with van der Waals surface area (Å²) in [6, 6.07) is 45.3. The van der Waals surface area contributed by atoms with Crippen molar-refractivity contribution in [3.63, 3.8) is 0 Å². The standard InChI is InChI=1S/C30H23NP/c1-32(27-10-4-2-5-11-27,28-12-6-3-7-13-28)30-15-9-8-14-29(30)26-19-18-24-20-23(22-31)16-17-25(24)21-26/h2-21H,1H3/q+1. The molecule has 0 aliphatic rings. The predicted octanol–water partition coefficient (Wildman–Crippen LogP) is 6.30. The number of benzene rings is 5. The summed E-state index contributed by atoms with van der Waals surface area (Å²) in [7, 11) is -1.85. The zero-order chi connectivity index (χ0) is 22.0. The maximum absolute atomic E-state index is 9.23. The highest BCUT2D eigenvalue weighted by Crippen LogP contribution is 2.53. The topological polar surface area (TPSA) is 23.8 Å². The van der Waals surface area contributed by atoms with Crippen molar-refractivity contribution >= 4 is 33.9 Å². The van der Waals surface area contributed by atoms with Gasteiger partial charge in [-0.15, -0.1) is 0 Å². The molecule has 0 saturated heterocycles. The van der Waals surface area contributed by atoms with Crippen molar-refractivity contribution in [2.24, 2.45) is 0 Å². The largest absolute Gasteiger partial charge is 0.192 e. The van der Waals surface area contributed by atoms with Crippen molar-refractivity contribution < 1.29 is 0 Å². The van der Waals surface area contributed by atoms with Crippen molar-refractivity contribution in [1.29, 1.82) is 5.26 Å². The Morgan fingerprint density at radius 1 is 0.594 bits per heavy atom. The number of fused-ring (bicyclic) bond motifs is 1. The molecule has 0 heterocycles. The molecule has 0 aliphatic heterocycles. The van der Waals surface area contributed by atoms with E-state index >= 15 is 0 Å². The van der Waals surface area contributed by atoms with E-state index in [1.54, 1.807) is 0 Å². The lowest BCUT2D eigenvalue weighted by atomic mass is 10.00. The number of hydrogen-bond donors (Lipinski definition) is 0. The van der Waals surface area contributed by atoms with Gasteiger partial charge in [0.25, 0.3) is 0 Å². The molecule has 0 aliphatic carbocycles. The molecule has 0 fully saturated rings. The second-order valence-corrected chi connectivity index (χ2v) is 11.6. The van der Waals surface area contributed by atoms with Gasteiger partial charge in [0.1, 0.15) is 23.2 Å². The van der Waals surface area contributed by atoms with E-state index in [0.717, 1.165) is 10.8 Å². The van der Waals surface area contributed by atoms with E-state index in [-0.39, 0.29) is 0 Å². The first-order chi connectivity index (χ1) is 15.7. The van der Waals surface area contributed by atoms with Crippen LogP contribution in [0.3, 0.4) is 0 Å². The first-order valence-electron chi connectivity index (χ1n) is 10.7. The first-order valence-corrected chi connectivity index (χ1v) is 13.0. The third-order valence-electron chi connectivity index (χ3n) is 6.21. The Bertz CT molecular complexity index is 1390. The summed E-state index contributed by atoms with van der Waals surface area (Å²) in [6.07, 6.45) is 0. The highest BCUT2D eigenvalue weighted by atomic mass is 31.2. The molecule has 2 heteroatoms. The van der Waals surface area contributed by atoms with Crippen molar-refractivity contribution in [3.8, 4) is 17.2 Å². The minimum Gasteiger partial charge on any atom is -0.192 e. The molecule has 1 nitrogen and oxygen atoms in total. The van der Waals surface area contributed by atoms with Crippen LogP contribution in [-0.2, 0) is 0 Å². The summed E-state index contributed by atoms with van der Waals surface area (Å²) in [5.41, 5.74) is 3.16. The lowest BCUT2D eigenvalue weighted by Crippen LogP contribution is -2.31. The summed E-state index contributed by atoms with van der Waals surface area (Å²) in [5, 5.41) is 15.6. The van der Waals surface area contributed by atoms with Gasteiger partial charge < -0.3 is 0 Å². The molecule has 5 aromatic carbocycles. The van der Waals surface area contributed by atoms with E-state index in [4.69, 9.17) is 0 Å². The molecule has 5 rings (SSSR count). The van der Waals surface area contributed by atoms with Gasteiger partial charge in [0.05, 0.1) is 18.3 Å². The van der Waals surface area contributed by atoms with Crippen LogP contribution in [0.15, 0.2) is 121 Å². The smallest absolute Gasteiger partial charge is 0.112 e. The van der Waals surface area contributed by atoms with Gasteiger partial charge in [-0.25, -0.2) is 0 Å². The van der Waals surface area contributed by atoms with Gasteiger partial charge in [0.2, 0.25) is 0 Å². The van der Waals surface area contributed by atoms with Crippen LogP contribution in [0, 0.1) is 11.3 Å². The van der Waals surface area contributed by atoms with Crippen molar-refractivity contribution in [2.75, 3.05) is 6.66 Å². The third-order valence-corrected chi connectivity index (χ3v) is 10.2. The summed E-state index contributed by atoms with van der Waals surface area (Å²) in [4.78, 5) is 0. The molecule has 0 bridgehead atoms. The first kappa shape index (κ1) is 20.2. The SMILES string of the molecule is C[P+](c1ccccc1)(c1ccccc1)c1ccccc1-c1ccc2cc(C#N)ccc2c1. The lowest BCUT2D eigenvalue weighted by Gasteiger charge is -2.25. The fourth-order valence-electron chi connectivity index (χ4n) is 4.47. The lowest BCUT2D eigenvalue weighted by molar-refractivity contribution is 1.50. The van der Waals surface area contributed by atoms with E-state index in [1.165, 1.54) is 27.0 Å². The van der Waals surface area contributed by atoms with Crippen LogP contribution in [-0.4, -0.2) is 6.66 Å². The Morgan fingerprint density at radius 2 is 1.16 bits per heavy atom. The van der Waals surface area contributed by atoms with Crippen LogP contribution < -0.4 is 15.9 Å². The monoisotopic (exact) mass is 428 g/mol. The van der Waals surface area contributed by atoms with Crippen LogP contribution in [0.25, 0.3) is 21.9 Å². The minimum absolute atomic E-state index is 0.692. The van der Waals surface area contributed by atoms with E-state index in [9.17, 15) is 5.26 Å². The van der Waals surface area contributed by atoms with Crippen molar-refractivity contribution in [3.05, 3.63) is 127 Å². The van der Waals surface area contributed by atoms with Crippen LogP contribution in [0.5, 0.6) is 0 Å². The fraction of sp³-hybridized carbons (Fsp3) is 0.0333. The van der Waals surface area contributed by atoms with Crippen LogP contribution in [0.1, 0.15) is 5.56 Å². The van der Waals surface area contributed by atoms with E-state index in [0.29, 0.717) is 5.56 Å². The fourth-order valence-corrected chi connectivity index (χ4v) is 7.93. The highest BCUT2D eigenvalue weighted by molar-refractivity contribution is 7.95. The maximum atomic E-state index is 9.23. The maximum Gasteiger partial charge on any atom is 0.112 e. The molecular formula is C30H23NP+. The molecule has 32 heavy (non-hydrogen) atoms. The van der Waals surface area contributed by atoms with E-state index in [1.807, 2.05) is 18.2 Å². The summed E-state index contributed by atoms with van der Waals surface area (Å²) < 4.78 is 0. The summed E-state index contributed by atoms with van der Waals surface area (Å²) in [6.45, 7) is 2.43. The number of rotatable bonds is 4. The average Bonchev–Trinajstić information content (AvgIpc) is 2.88. The van der Waals surface area contributed by atoms with Gasteiger partial charge in [0, 0.05) is 5.56 Å². The van der Waals surface area contributed by atoms with Gasteiger partial charge in [-0.3, -0.25) is 0 Å². The predicted molar refractivity (Wildman–Crippen MR) is 139 cm³/mol. The Hall–Kier alpha value is -3.72. The van der Waals surface area contributed by atoms with E-state index < -0.39 is 7.26 Å². The van der Waals surface area contributed by atoms with Crippen LogP contribution in [0.2, 0.25) is 0 Å². The second-order valence-electron chi connectivity index (χ2n) is 8.08. The molecule has 5 aromatic rings. The Balaban J connectivity index is 1.74. The van der Waals surface area contributed by atoms with Gasteiger partial charge in [-0.1, -0.05) is 72.8 Å². The van der Waals surface area contributed by atoms with Crippen LogP contribution >= 0.6 is 7.26 Å². The molecule has 0 amide bonds. The average molecular weight is 428 g/mol. The number of nitriles is 1. The summed E-state index contributed by atoms with van der Waals surface area (Å²) in [5.74, 6) is 0. The van der Waals surface area contributed by atoms with Gasteiger partial charge in [-0.05, 0) is 64.9 Å². The van der Waals surface area contributed by atoms with E-state index in [2.05, 4.69) is 116 Å². The molecule has 0 unspecified atom stereocenters. The zero-order valence-electron chi connectivity index (χ0n) is 17.9. The summed E-state index contributed by atoms with van der Waals surface area (Å²) >= 11 is 0. The third kappa shape index (κ3) is 3.50. The Morgan fingerprint density at radius 3 is 1.81 bits per heavy atom. The number of hydrogen-bond acceptors (Lipinski definition) is 1.